The van der Waals surface area contributed by atoms with Crippen LogP contribution in [0.25, 0.3) is 0 Å². The Morgan fingerprint density at radius 2 is 2.29 bits per heavy atom. The molecule has 0 aliphatic heterocycles. The lowest BCUT2D eigenvalue weighted by molar-refractivity contribution is 0.0381. The van der Waals surface area contributed by atoms with Crippen LogP contribution in [-0.2, 0) is 12.1 Å². The van der Waals surface area contributed by atoms with Crippen molar-refractivity contribution in [3.05, 3.63) is 42.2 Å². The summed E-state index contributed by atoms with van der Waals surface area (Å²) in [5.74, 6) is 1.15. The van der Waals surface area contributed by atoms with E-state index in [1.54, 1.807) is 32.2 Å². The van der Waals surface area contributed by atoms with Gasteiger partial charge in [-0.2, -0.15) is 0 Å². The lowest BCUT2D eigenvalue weighted by atomic mass is 10.0. The van der Waals surface area contributed by atoms with Gasteiger partial charge < -0.3 is 24.3 Å². The highest BCUT2D eigenvalue weighted by molar-refractivity contribution is 5.79. The van der Waals surface area contributed by atoms with E-state index in [-0.39, 0.29) is 6.54 Å². The number of guanidine groups is 1. The molecule has 2 heterocycles. The zero-order chi connectivity index (χ0) is 15.3. The van der Waals surface area contributed by atoms with E-state index in [1.165, 1.54) is 12.5 Å². The Kier molecular flexibility index (Phi) is 4.64. The second-order valence-corrected chi connectivity index (χ2v) is 5.00. The molecule has 2 rings (SSSR count). The third kappa shape index (κ3) is 3.85. The minimum atomic E-state index is -1.12. The van der Waals surface area contributed by atoms with Crippen LogP contribution in [0.1, 0.15) is 18.4 Å². The number of nitrogens with zero attached hydrogens (tertiary/aromatic N) is 3. The summed E-state index contributed by atoms with van der Waals surface area (Å²) in [5.41, 5.74) is -0.313. The van der Waals surface area contributed by atoms with E-state index in [2.05, 4.69) is 15.5 Å². The topological polar surface area (TPSA) is 87.0 Å². The van der Waals surface area contributed by atoms with Gasteiger partial charge in [-0.1, -0.05) is 5.16 Å². The molecule has 2 aromatic rings. The van der Waals surface area contributed by atoms with Gasteiger partial charge in [0.2, 0.25) is 0 Å². The molecule has 1 unspecified atom stereocenters. The lowest BCUT2D eigenvalue weighted by Gasteiger charge is -2.26. The number of nitrogens with one attached hydrogen (secondary N) is 1. The monoisotopic (exact) mass is 292 g/mol. The zero-order valence-electron chi connectivity index (χ0n) is 12.4. The average molecular weight is 292 g/mol. The molecule has 7 heteroatoms. The van der Waals surface area contributed by atoms with Gasteiger partial charge in [0, 0.05) is 20.2 Å². The zero-order valence-corrected chi connectivity index (χ0v) is 12.4. The van der Waals surface area contributed by atoms with Gasteiger partial charge in [0.25, 0.3) is 0 Å². The van der Waals surface area contributed by atoms with E-state index in [0.717, 1.165) is 5.69 Å². The highest BCUT2D eigenvalue weighted by Crippen LogP contribution is 2.19. The van der Waals surface area contributed by atoms with Crippen LogP contribution in [-0.4, -0.2) is 41.8 Å². The standard InChI is InChI=1S/C14H20N4O3/c1-14(19,12-5-4-7-20-12)10-16-13(15-2)18(3)9-11-6-8-21-17-11/h4-8,19H,9-10H2,1-3H3,(H,15,16). The van der Waals surface area contributed by atoms with Crippen LogP contribution in [0.3, 0.4) is 0 Å². The molecule has 2 aromatic heterocycles. The van der Waals surface area contributed by atoms with Crippen molar-refractivity contribution in [2.45, 2.75) is 19.1 Å². The maximum atomic E-state index is 10.4. The first-order valence-electron chi connectivity index (χ1n) is 6.60. The molecule has 0 saturated carbocycles. The molecule has 0 aromatic carbocycles. The molecule has 0 spiro atoms. The number of furan rings is 1. The summed E-state index contributed by atoms with van der Waals surface area (Å²) in [6.07, 6.45) is 3.07. The Labute approximate surface area is 123 Å². The van der Waals surface area contributed by atoms with Crippen LogP contribution in [0, 0.1) is 0 Å². The van der Waals surface area contributed by atoms with Gasteiger partial charge in [-0.3, -0.25) is 4.99 Å². The summed E-state index contributed by atoms with van der Waals surface area (Å²) in [7, 11) is 3.56. The van der Waals surface area contributed by atoms with Crippen LogP contribution in [0.5, 0.6) is 0 Å². The van der Waals surface area contributed by atoms with Gasteiger partial charge in [0.05, 0.1) is 19.4 Å². The summed E-state index contributed by atoms with van der Waals surface area (Å²) in [6.45, 7) is 2.51. The van der Waals surface area contributed by atoms with Crippen molar-refractivity contribution in [1.29, 1.82) is 0 Å². The molecule has 0 saturated heterocycles. The molecule has 7 nitrogen and oxygen atoms in total. The molecule has 0 radical (unpaired) electrons. The highest BCUT2D eigenvalue weighted by atomic mass is 16.5. The van der Waals surface area contributed by atoms with Crippen molar-refractivity contribution < 1.29 is 14.0 Å². The van der Waals surface area contributed by atoms with Crippen molar-refractivity contribution in [3.8, 4) is 0 Å². The number of aromatic nitrogens is 1. The van der Waals surface area contributed by atoms with Gasteiger partial charge >= 0.3 is 0 Å². The molecule has 0 aliphatic carbocycles. The molecule has 1 atom stereocenters. The maximum absolute atomic E-state index is 10.4. The van der Waals surface area contributed by atoms with Crippen molar-refractivity contribution >= 4 is 5.96 Å². The molecule has 0 bridgehead atoms. The Hall–Kier alpha value is -2.28. The summed E-state index contributed by atoms with van der Waals surface area (Å²) in [6, 6.07) is 5.28. The summed E-state index contributed by atoms with van der Waals surface area (Å²) in [4.78, 5) is 6.07. The number of hydrogen-bond acceptors (Lipinski definition) is 5. The van der Waals surface area contributed by atoms with Crippen LogP contribution < -0.4 is 5.32 Å². The van der Waals surface area contributed by atoms with E-state index in [4.69, 9.17) is 8.94 Å². The second-order valence-electron chi connectivity index (χ2n) is 5.00. The predicted molar refractivity (Wildman–Crippen MR) is 77.6 cm³/mol. The third-order valence-electron chi connectivity index (χ3n) is 3.11. The molecule has 114 valence electrons. The van der Waals surface area contributed by atoms with Crippen molar-refractivity contribution in [1.82, 2.24) is 15.4 Å². The average Bonchev–Trinajstić information content (AvgIpc) is 3.12. The predicted octanol–water partition coefficient (Wildman–Crippen LogP) is 1.18. The molecule has 0 aliphatic rings. The van der Waals surface area contributed by atoms with Gasteiger partial charge in [0.1, 0.15) is 23.3 Å². The van der Waals surface area contributed by atoms with Crippen LogP contribution in [0.2, 0.25) is 0 Å². The fourth-order valence-electron chi connectivity index (χ4n) is 1.95. The SMILES string of the molecule is CN=C(NCC(C)(O)c1ccco1)N(C)Cc1ccon1. The minimum absolute atomic E-state index is 0.274. The van der Waals surface area contributed by atoms with Crippen molar-refractivity contribution in [2.24, 2.45) is 4.99 Å². The van der Waals surface area contributed by atoms with Crippen LogP contribution >= 0.6 is 0 Å². The largest absolute Gasteiger partial charge is 0.466 e. The van der Waals surface area contributed by atoms with Crippen molar-refractivity contribution in [3.63, 3.8) is 0 Å². The summed E-state index contributed by atoms with van der Waals surface area (Å²) < 4.78 is 10.0. The Balaban J connectivity index is 1.93. The van der Waals surface area contributed by atoms with Gasteiger partial charge in [-0.25, -0.2) is 0 Å². The Morgan fingerprint density at radius 1 is 1.48 bits per heavy atom. The van der Waals surface area contributed by atoms with Gasteiger partial charge in [-0.15, -0.1) is 0 Å². The van der Waals surface area contributed by atoms with E-state index in [1.807, 2.05) is 11.9 Å². The van der Waals surface area contributed by atoms with E-state index >= 15 is 0 Å². The van der Waals surface area contributed by atoms with E-state index in [9.17, 15) is 5.11 Å². The number of rotatable bonds is 5. The summed E-state index contributed by atoms with van der Waals surface area (Å²) >= 11 is 0. The molecular formula is C14H20N4O3. The molecule has 0 fully saturated rings. The fourth-order valence-corrected chi connectivity index (χ4v) is 1.95. The van der Waals surface area contributed by atoms with Gasteiger partial charge in [0.15, 0.2) is 5.96 Å². The van der Waals surface area contributed by atoms with E-state index in [0.29, 0.717) is 18.3 Å². The van der Waals surface area contributed by atoms with Crippen molar-refractivity contribution in [2.75, 3.05) is 20.6 Å². The normalized spacial score (nSPS) is 14.8. The maximum Gasteiger partial charge on any atom is 0.193 e. The lowest BCUT2D eigenvalue weighted by Crippen LogP contribution is -2.44. The molecular weight excluding hydrogens is 272 g/mol. The molecule has 0 amide bonds. The highest BCUT2D eigenvalue weighted by Gasteiger charge is 2.26. The number of aliphatic hydroxyl groups is 1. The first-order chi connectivity index (χ1) is 10.0. The Bertz CT molecular complexity index is 561. The van der Waals surface area contributed by atoms with Crippen LogP contribution in [0.4, 0.5) is 0 Å². The molecule has 21 heavy (non-hydrogen) atoms. The fraction of sp³-hybridized carbons (Fsp3) is 0.429. The Morgan fingerprint density at radius 3 is 2.86 bits per heavy atom. The van der Waals surface area contributed by atoms with Gasteiger partial charge in [-0.05, 0) is 19.1 Å². The van der Waals surface area contributed by atoms with Crippen LogP contribution in [0.15, 0.2) is 44.7 Å². The summed E-state index contributed by atoms with van der Waals surface area (Å²) in [5, 5.41) is 17.4. The number of hydrogen-bond donors (Lipinski definition) is 2. The number of aliphatic imine (C=N–C) groups is 1. The smallest absolute Gasteiger partial charge is 0.193 e. The van der Waals surface area contributed by atoms with E-state index < -0.39 is 5.60 Å². The molecule has 2 N–H and O–H groups in total. The third-order valence-corrected chi connectivity index (χ3v) is 3.11. The first-order valence-corrected chi connectivity index (χ1v) is 6.60. The second kappa shape index (κ2) is 6.45. The quantitative estimate of drug-likeness (QED) is 0.635. The first kappa shape index (κ1) is 15.1. The minimum Gasteiger partial charge on any atom is -0.466 e.